The number of unbranched alkanes of at least 4 members (excludes halogenated alkanes) is 6. The Morgan fingerprint density at radius 2 is 1.50 bits per heavy atom. The topological polar surface area (TPSA) is 83.9 Å². The molecule has 0 aliphatic carbocycles. The average molecular weight is 311 g/mol. The molecule has 0 saturated heterocycles. The third-order valence-electron chi connectivity index (χ3n) is 3.52. The monoisotopic (exact) mass is 311 g/mol. The Kier molecular flexibility index (Phi) is 9.14. The summed E-state index contributed by atoms with van der Waals surface area (Å²) < 4.78 is 4.76. The van der Waals surface area contributed by atoms with E-state index in [9.17, 15) is 14.4 Å². The maximum atomic E-state index is 11.3. The summed E-state index contributed by atoms with van der Waals surface area (Å²) in [5.74, 6) is -0.668. The number of aliphatic hydroxyl groups excluding tert-OH is 1. The van der Waals surface area contributed by atoms with E-state index in [0.29, 0.717) is 13.0 Å². The molecule has 0 radical (unpaired) electrons. The van der Waals surface area contributed by atoms with Crippen LogP contribution in [0.2, 0.25) is 0 Å². The summed E-state index contributed by atoms with van der Waals surface area (Å²) in [5.41, 5.74) is 0. The molecule has 124 valence electrons. The van der Waals surface area contributed by atoms with Crippen LogP contribution in [0.25, 0.3) is 0 Å². The smallest absolute Gasteiger partial charge is 0.305 e. The molecule has 1 rings (SSSR count). The lowest BCUT2D eigenvalue weighted by molar-refractivity contribution is -0.144. The largest absolute Gasteiger partial charge is 0.463 e. The van der Waals surface area contributed by atoms with Gasteiger partial charge in [-0.1, -0.05) is 32.1 Å². The van der Waals surface area contributed by atoms with Crippen LogP contribution in [0.15, 0.2) is 12.2 Å². The molecule has 1 N–H and O–H groups in total. The Morgan fingerprint density at radius 3 is 2.09 bits per heavy atom. The average Bonchev–Trinajstić information content (AvgIpc) is 2.82. The highest BCUT2D eigenvalue weighted by atomic mass is 16.5. The van der Waals surface area contributed by atoms with E-state index in [4.69, 9.17) is 9.84 Å². The maximum absolute atomic E-state index is 11.3. The number of imide groups is 1. The van der Waals surface area contributed by atoms with Crippen LogP contribution in [-0.4, -0.2) is 47.5 Å². The Hall–Kier alpha value is -1.69. The zero-order valence-electron chi connectivity index (χ0n) is 13.0. The molecule has 0 aromatic carbocycles. The van der Waals surface area contributed by atoms with E-state index < -0.39 is 0 Å². The fourth-order valence-electron chi connectivity index (χ4n) is 2.31. The summed E-state index contributed by atoms with van der Waals surface area (Å²) in [6.45, 7) is 0.453. The second kappa shape index (κ2) is 11.0. The molecule has 1 aliphatic heterocycles. The zero-order chi connectivity index (χ0) is 16.2. The molecule has 22 heavy (non-hydrogen) atoms. The highest BCUT2D eigenvalue weighted by molar-refractivity contribution is 6.12. The Bertz CT molecular complexity index is 387. The number of carbonyl (C=O) groups excluding carboxylic acids is 3. The van der Waals surface area contributed by atoms with Crippen molar-refractivity contribution in [3.63, 3.8) is 0 Å². The van der Waals surface area contributed by atoms with Gasteiger partial charge >= 0.3 is 5.97 Å². The van der Waals surface area contributed by atoms with Crippen molar-refractivity contribution in [2.75, 3.05) is 19.8 Å². The molecule has 0 bridgehead atoms. The zero-order valence-corrected chi connectivity index (χ0v) is 13.0. The first-order valence-corrected chi connectivity index (χ1v) is 7.95. The fraction of sp³-hybridized carbons (Fsp3) is 0.688. The van der Waals surface area contributed by atoms with Crippen LogP contribution < -0.4 is 0 Å². The molecule has 2 amide bonds. The molecule has 6 nitrogen and oxygen atoms in total. The third-order valence-corrected chi connectivity index (χ3v) is 3.52. The summed E-state index contributed by atoms with van der Waals surface area (Å²) in [6.07, 6.45) is 9.89. The molecular weight excluding hydrogens is 286 g/mol. The first-order valence-electron chi connectivity index (χ1n) is 7.95. The molecule has 0 aromatic rings. The van der Waals surface area contributed by atoms with Crippen LogP contribution in [0.3, 0.4) is 0 Å². The summed E-state index contributed by atoms with van der Waals surface area (Å²) in [5, 5.41) is 8.50. The first kappa shape index (κ1) is 18.4. The molecule has 0 unspecified atom stereocenters. The summed E-state index contributed by atoms with van der Waals surface area (Å²) >= 11 is 0. The SMILES string of the molecule is O=C(CCCCCCCCCN1C(=O)C=CC1=O)OCCO. The standard InChI is InChI=1S/C16H25NO5/c18-12-13-22-16(21)8-6-4-2-1-3-5-7-11-17-14(19)9-10-15(17)20/h9-10,18H,1-8,11-13H2. The van der Waals surface area contributed by atoms with Crippen LogP contribution in [0.4, 0.5) is 0 Å². The molecule has 1 aliphatic rings. The van der Waals surface area contributed by atoms with Crippen molar-refractivity contribution in [2.45, 2.75) is 51.4 Å². The van der Waals surface area contributed by atoms with Crippen LogP contribution in [-0.2, 0) is 19.1 Å². The van der Waals surface area contributed by atoms with Gasteiger partial charge in [-0.3, -0.25) is 19.3 Å². The van der Waals surface area contributed by atoms with Crippen molar-refractivity contribution in [1.82, 2.24) is 4.90 Å². The number of rotatable bonds is 12. The van der Waals surface area contributed by atoms with Gasteiger partial charge in [0, 0.05) is 25.1 Å². The second-order valence-corrected chi connectivity index (χ2v) is 5.33. The number of hydrogen-bond acceptors (Lipinski definition) is 5. The minimum atomic E-state index is -0.248. The highest BCUT2D eigenvalue weighted by Crippen LogP contribution is 2.11. The Morgan fingerprint density at radius 1 is 0.955 bits per heavy atom. The lowest BCUT2D eigenvalue weighted by Crippen LogP contribution is -2.30. The number of hydrogen-bond donors (Lipinski definition) is 1. The van der Waals surface area contributed by atoms with E-state index in [-0.39, 0.29) is 31.0 Å². The molecule has 0 spiro atoms. The van der Waals surface area contributed by atoms with Gasteiger partial charge in [-0.15, -0.1) is 0 Å². The molecular formula is C16H25NO5. The van der Waals surface area contributed by atoms with Crippen LogP contribution in [0, 0.1) is 0 Å². The van der Waals surface area contributed by atoms with E-state index >= 15 is 0 Å². The van der Waals surface area contributed by atoms with Crippen molar-refractivity contribution in [3.8, 4) is 0 Å². The van der Waals surface area contributed by atoms with Crippen molar-refractivity contribution >= 4 is 17.8 Å². The quantitative estimate of drug-likeness (QED) is 0.336. The predicted octanol–water partition coefficient (Wildman–Crippen LogP) is 1.57. The predicted molar refractivity (Wildman–Crippen MR) is 80.8 cm³/mol. The van der Waals surface area contributed by atoms with Crippen LogP contribution in [0.1, 0.15) is 51.4 Å². The van der Waals surface area contributed by atoms with E-state index in [1.807, 2.05) is 0 Å². The molecule has 0 atom stereocenters. The van der Waals surface area contributed by atoms with Gasteiger partial charge in [-0.25, -0.2) is 0 Å². The van der Waals surface area contributed by atoms with Gasteiger partial charge in [0.2, 0.25) is 0 Å². The highest BCUT2D eigenvalue weighted by Gasteiger charge is 2.21. The van der Waals surface area contributed by atoms with E-state index in [1.165, 1.54) is 17.1 Å². The lowest BCUT2D eigenvalue weighted by Gasteiger charge is -2.12. The number of aliphatic hydroxyl groups is 1. The maximum Gasteiger partial charge on any atom is 0.305 e. The van der Waals surface area contributed by atoms with E-state index in [1.54, 1.807) is 0 Å². The summed E-state index contributed by atoms with van der Waals surface area (Å²) in [7, 11) is 0. The van der Waals surface area contributed by atoms with Crippen molar-refractivity contribution in [3.05, 3.63) is 12.2 Å². The molecule has 0 aromatic heterocycles. The fourth-order valence-corrected chi connectivity index (χ4v) is 2.31. The van der Waals surface area contributed by atoms with Gasteiger partial charge in [0.05, 0.1) is 6.61 Å². The molecule has 1 heterocycles. The van der Waals surface area contributed by atoms with Crippen molar-refractivity contribution < 1.29 is 24.2 Å². The number of nitrogens with zero attached hydrogens (tertiary/aromatic N) is 1. The second-order valence-electron chi connectivity index (χ2n) is 5.33. The number of carbonyl (C=O) groups is 3. The summed E-state index contributed by atoms with van der Waals surface area (Å²) in [4.78, 5) is 35.1. The van der Waals surface area contributed by atoms with E-state index in [0.717, 1.165) is 44.9 Å². The van der Waals surface area contributed by atoms with Gasteiger partial charge in [0.1, 0.15) is 6.61 Å². The van der Waals surface area contributed by atoms with Gasteiger partial charge in [-0.2, -0.15) is 0 Å². The minimum absolute atomic E-state index is 0.0797. The van der Waals surface area contributed by atoms with Crippen molar-refractivity contribution in [1.29, 1.82) is 0 Å². The Balaban J connectivity index is 1.87. The summed E-state index contributed by atoms with van der Waals surface area (Å²) in [6, 6.07) is 0. The Labute approximate surface area is 131 Å². The minimum Gasteiger partial charge on any atom is -0.463 e. The van der Waals surface area contributed by atoms with Gasteiger partial charge in [-0.05, 0) is 12.8 Å². The van der Waals surface area contributed by atoms with Crippen LogP contribution >= 0.6 is 0 Å². The van der Waals surface area contributed by atoms with E-state index in [2.05, 4.69) is 0 Å². The number of esters is 1. The lowest BCUT2D eigenvalue weighted by atomic mass is 10.1. The molecule has 0 saturated carbocycles. The van der Waals surface area contributed by atoms with Gasteiger partial charge < -0.3 is 9.84 Å². The molecule has 6 heteroatoms. The van der Waals surface area contributed by atoms with Crippen LogP contribution in [0.5, 0.6) is 0 Å². The van der Waals surface area contributed by atoms with Gasteiger partial charge in [0.25, 0.3) is 11.8 Å². The number of ether oxygens (including phenoxy) is 1. The third kappa shape index (κ3) is 7.36. The number of amides is 2. The van der Waals surface area contributed by atoms with Crippen molar-refractivity contribution in [2.24, 2.45) is 0 Å². The van der Waals surface area contributed by atoms with Gasteiger partial charge in [0.15, 0.2) is 0 Å². The first-order chi connectivity index (χ1) is 10.6. The normalized spacial score (nSPS) is 14.0. The molecule has 0 fully saturated rings.